The molecule has 1 fully saturated rings. The van der Waals surface area contributed by atoms with Gasteiger partial charge in [-0.2, -0.15) is 0 Å². The van der Waals surface area contributed by atoms with Gasteiger partial charge in [0, 0.05) is 28.4 Å². The van der Waals surface area contributed by atoms with Gasteiger partial charge < -0.3 is 5.73 Å². The molecule has 2 N–H and O–H groups in total. The predicted octanol–water partition coefficient (Wildman–Crippen LogP) is 7.75. The molecule has 1 unspecified atom stereocenters. The van der Waals surface area contributed by atoms with Gasteiger partial charge >= 0.3 is 0 Å². The van der Waals surface area contributed by atoms with Crippen molar-refractivity contribution < 1.29 is 0 Å². The van der Waals surface area contributed by atoms with Crippen molar-refractivity contribution in [2.24, 2.45) is 17.1 Å². The first-order valence-corrected chi connectivity index (χ1v) is 12.5. The fourth-order valence-electron chi connectivity index (χ4n) is 4.55. The lowest BCUT2D eigenvalue weighted by atomic mass is 9.82. The maximum atomic E-state index is 6.26. The molecule has 1 aliphatic carbocycles. The first kappa shape index (κ1) is 24.3. The highest BCUT2D eigenvalue weighted by Gasteiger charge is 2.46. The summed E-state index contributed by atoms with van der Waals surface area (Å²) in [5, 5.41) is 0.731. The summed E-state index contributed by atoms with van der Waals surface area (Å²) >= 11 is 5.97. The minimum absolute atomic E-state index is 0.319. The highest BCUT2D eigenvalue weighted by atomic mass is 35.5. The molecule has 1 saturated carbocycles. The Morgan fingerprint density at radius 2 is 1.71 bits per heavy atom. The molecular weight excluding hydrogens is 436 g/mol. The van der Waals surface area contributed by atoms with Crippen LogP contribution >= 0.6 is 11.6 Å². The molecule has 34 heavy (non-hydrogen) atoms. The summed E-state index contributed by atoms with van der Waals surface area (Å²) < 4.78 is 0. The average molecular weight is 469 g/mol. The summed E-state index contributed by atoms with van der Waals surface area (Å²) in [6, 6.07) is 20.6. The first-order chi connectivity index (χ1) is 16.4. The van der Waals surface area contributed by atoms with E-state index in [1.165, 1.54) is 24.0 Å². The zero-order valence-corrected chi connectivity index (χ0v) is 21.1. The number of nitrogens with zero attached hydrogens (tertiary/aromatic N) is 1. The number of halogens is 1. The minimum atomic E-state index is 0.319. The van der Waals surface area contributed by atoms with Gasteiger partial charge in [0.15, 0.2) is 0 Å². The van der Waals surface area contributed by atoms with Gasteiger partial charge in [-0.05, 0) is 96.9 Å². The quantitative estimate of drug-likeness (QED) is 0.360. The third-order valence-electron chi connectivity index (χ3n) is 7.17. The molecule has 2 aromatic carbocycles. The third-order valence-corrected chi connectivity index (χ3v) is 7.42. The SMILES string of the molecule is CCC(N)CC1([C@H](C)C=C(C)c2ccc(C#Cc3ccc(-c4ccc(Cl)cc4)cn3)cc2)CC1. The Balaban J connectivity index is 1.40. The molecule has 0 amide bonds. The molecule has 0 aliphatic heterocycles. The summed E-state index contributed by atoms with van der Waals surface area (Å²) in [5.74, 6) is 6.95. The van der Waals surface area contributed by atoms with E-state index < -0.39 is 0 Å². The molecular formula is C31H33ClN2. The number of hydrogen-bond acceptors (Lipinski definition) is 2. The van der Waals surface area contributed by atoms with Crippen LogP contribution < -0.4 is 5.73 Å². The standard InChI is InChI=1S/C31H33ClN2/c1-4-29(33)20-31(17-18-31)23(3)19-22(2)25-8-5-24(6-9-25)7-15-30-16-12-27(21-34-30)26-10-13-28(32)14-11-26/h5-6,8-14,16,19,21,23,29H,4,17-18,20,33H2,1-3H3/t23-,29?/m1/s1. The molecule has 3 aromatic rings. The molecule has 1 aliphatic rings. The minimum Gasteiger partial charge on any atom is -0.328 e. The second kappa shape index (κ2) is 10.6. The Kier molecular flexibility index (Phi) is 7.57. The molecule has 1 aromatic heterocycles. The molecule has 3 heteroatoms. The fourth-order valence-corrected chi connectivity index (χ4v) is 4.68. The maximum absolute atomic E-state index is 6.26. The van der Waals surface area contributed by atoms with Gasteiger partial charge in [0.2, 0.25) is 0 Å². The van der Waals surface area contributed by atoms with Gasteiger partial charge in [-0.1, -0.05) is 67.8 Å². The van der Waals surface area contributed by atoms with Crippen molar-refractivity contribution in [2.45, 2.75) is 52.5 Å². The fraction of sp³-hybridized carbons (Fsp3) is 0.323. The van der Waals surface area contributed by atoms with Gasteiger partial charge in [-0.3, -0.25) is 0 Å². The largest absolute Gasteiger partial charge is 0.328 e. The molecule has 4 rings (SSSR count). The summed E-state index contributed by atoms with van der Waals surface area (Å²) in [7, 11) is 0. The Hall–Kier alpha value is -2.86. The van der Waals surface area contributed by atoms with E-state index >= 15 is 0 Å². The Bertz CT molecular complexity index is 1190. The van der Waals surface area contributed by atoms with E-state index in [4.69, 9.17) is 17.3 Å². The van der Waals surface area contributed by atoms with E-state index in [0.29, 0.717) is 17.4 Å². The van der Waals surface area contributed by atoms with Crippen molar-refractivity contribution in [3.8, 4) is 23.0 Å². The molecule has 2 nitrogen and oxygen atoms in total. The van der Waals surface area contributed by atoms with E-state index in [-0.39, 0.29) is 0 Å². The molecule has 174 valence electrons. The van der Waals surface area contributed by atoms with Crippen LogP contribution in [0.1, 0.15) is 63.3 Å². The van der Waals surface area contributed by atoms with Gasteiger partial charge in [0.05, 0.1) is 0 Å². The molecule has 0 spiro atoms. The molecule has 0 radical (unpaired) electrons. The number of allylic oxidation sites excluding steroid dienone is 2. The van der Waals surface area contributed by atoms with E-state index in [1.54, 1.807) is 0 Å². The van der Waals surface area contributed by atoms with Crippen LogP contribution in [0.3, 0.4) is 0 Å². The van der Waals surface area contributed by atoms with E-state index in [1.807, 2.05) is 42.6 Å². The summed E-state index contributed by atoms with van der Waals surface area (Å²) in [6.45, 7) is 6.74. The van der Waals surface area contributed by atoms with Crippen molar-refractivity contribution in [3.63, 3.8) is 0 Å². The van der Waals surface area contributed by atoms with Gasteiger partial charge in [0.25, 0.3) is 0 Å². The number of benzene rings is 2. The van der Waals surface area contributed by atoms with E-state index in [9.17, 15) is 0 Å². The lowest BCUT2D eigenvalue weighted by Crippen LogP contribution is -2.26. The van der Waals surface area contributed by atoms with Crippen LogP contribution in [-0.4, -0.2) is 11.0 Å². The van der Waals surface area contributed by atoms with Crippen LogP contribution in [-0.2, 0) is 0 Å². The van der Waals surface area contributed by atoms with Gasteiger partial charge in [-0.15, -0.1) is 0 Å². The molecule has 0 saturated heterocycles. The normalized spacial score (nSPS) is 16.3. The Morgan fingerprint density at radius 1 is 1.03 bits per heavy atom. The van der Waals surface area contributed by atoms with E-state index in [2.05, 4.69) is 67.9 Å². The van der Waals surface area contributed by atoms with Crippen LogP contribution in [0.4, 0.5) is 0 Å². The maximum Gasteiger partial charge on any atom is 0.113 e. The number of aromatic nitrogens is 1. The summed E-state index contributed by atoms with van der Waals surface area (Å²) in [5.41, 5.74) is 13.1. The van der Waals surface area contributed by atoms with Crippen molar-refractivity contribution in [3.05, 3.63) is 94.8 Å². The Labute approximate surface area is 209 Å². The molecule has 2 atom stereocenters. The second-order valence-electron chi connectivity index (χ2n) is 9.64. The number of rotatable bonds is 7. The third kappa shape index (κ3) is 5.98. The highest BCUT2D eigenvalue weighted by Crippen LogP contribution is 2.56. The monoisotopic (exact) mass is 468 g/mol. The van der Waals surface area contributed by atoms with Crippen LogP contribution in [0.25, 0.3) is 16.7 Å². The lowest BCUT2D eigenvalue weighted by Gasteiger charge is -2.24. The molecule has 0 bridgehead atoms. The van der Waals surface area contributed by atoms with Gasteiger partial charge in [0.1, 0.15) is 5.69 Å². The van der Waals surface area contributed by atoms with Crippen molar-refractivity contribution in [1.29, 1.82) is 0 Å². The Morgan fingerprint density at radius 3 is 2.29 bits per heavy atom. The number of nitrogens with two attached hydrogens (primary N) is 1. The summed E-state index contributed by atoms with van der Waals surface area (Å²) in [6.07, 6.45) is 9.08. The summed E-state index contributed by atoms with van der Waals surface area (Å²) in [4.78, 5) is 4.50. The van der Waals surface area contributed by atoms with Crippen LogP contribution in [0.5, 0.6) is 0 Å². The van der Waals surface area contributed by atoms with E-state index in [0.717, 1.165) is 40.2 Å². The highest BCUT2D eigenvalue weighted by molar-refractivity contribution is 6.30. The van der Waals surface area contributed by atoms with Crippen molar-refractivity contribution in [1.82, 2.24) is 4.98 Å². The van der Waals surface area contributed by atoms with Crippen molar-refractivity contribution in [2.75, 3.05) is 0 Å². The number of pyridine rings is 1. The van der Waals surface area contributed by atoms with Gasteiger partial charge in [-0.25, -0.2) is 4.98 Å². The topological polar surface area (TPSA) is 38.9 Å². The second-order valence-corrected chi connectivity index (χ2v) is 10.1. The van der Waals surface area contributed by atoms with Crippen LogP contribution in [0, 0.1) is 23.2 Å². The zero-order valence-electron chi connectivity index (χ0n) is 20.3. The average Bonchev–Trinajstić information content (AvgIpc) is 3.64. The lowest BCUT2D eigenvalue weighted by molar-refractivity contribution is 0.331. The number of hydrogen-bond donors (Lipinski definition) is 1. The van der Waals surface area contributed by atoms with Crippen LogP contribution in [0.15, 0.2) is 72.9 Å². The molecule has 1 heterocycles. The van der Waals surface area contributed by atoms with Crippen LogP contribution in [0.2, 0.25) is 5.02 Å². The predicted molar refractivity (Wildman–Crippen MR) is 144 cm³/mol. The zero-order chi connectivity index (χ0) is 24.1. The first-order valence-electron chi connectivity index (χ1n) is 12.2. The smallest absolute Gasteiger partial charge is 0.113 e. The van der Waals surface area contributed by atoms with Crippen molar-refractivity contribution >= 4 is 17.2 Å².